The highest BCUT2D eigenvalue weighted by atomic mass is 16.5. The number of rotatable bonds is 8. The Hall–Kier alpha value is -3.17. The number of benzene rings is 1. The maximum absolute atomic E-state index is 13.4. The zero-order valence-corrected chi connectivity index (χ0v) is 20.5. The summed E-state index contributed by atoms with van der Waals surface area (Å²) >= 11 is 0. The predicted molar refractivity (Wildman–Crippen MR) is 133 cm³/mol. The first-order chi connectivity index (χ1) is 17.1. The van der Waals surface area contributed by atoms with Crippen LogP contribution in [0.1, 0.15) is 51.9 Å². The van der Waals surface area contributed by atoms with Crippen LogP contribution in [-0.4, -0.2) is 82.3 Å². The third-order valence-corrected chi connectivity index (χ3v) is 7.35. The molecule has 5 rings (SSSR count). The third-order valence-electron chi connectivity index (χ3n) is 7.35. The monoisotopic (exact) mass is 478 g/mol. The van der Waals surface area contributed by atoms with Crippen molar-refractivity contribution in [3.63, 3.8) is 0 Å². The lowest BCUT2D eigenvalue weighted by molar-refractivity contribution is 0.0730. The van der Waals surface area contributed by atoms with Gasteiger partial charge in [0, 0.05) is 66.6 Å². The van der Waals surface area contributed by atoms with Crippen LogP contribution < -0.4 is 5.32 Å². The van der Waals surface area contributed by atoms with E-state index >= 15 is 0 Å². The molecule has 2 aliphatic rings. The van der Waals surface area contributed by atoms with Crippen molar-refractivity contribution in [1.29, 1.82) is 0 Å². The summed E-state index contributed by atoms with van der Waals surface area (Å²) in [5.74, 6) is -0.192. The number of methoxy groups -OCH3 is 1. The standard InChI is InChI=1S/C26H34N6O3/c1-3-30-11-4-5-20(30)16-28-25(33)24-21-17-31(12-9-23(21)32(29-24)13-14-35-2)26(34)19-6-7-22-18(15-19)8-10-27-22/h6-8,10,15,20,27H,3-5,9,11-14,16-17H2,1-2H3,(H,28,33). The minimum Gasteiger partial charge on any atom is -0.383 e. The number of hydrogen-bond acceptors (Lipinski definition) is 5. The Morgan fingerprint density at radius 2 is 2.14 bits per heavy atom. The largest absolute Gasteiger partial charge is 0.383 e. The van der Waals surface area contributed by atoms with Crippen LogP contribution in [-0.2, 0) is 24.2 Å². The number of aromatic nitrogens is 3. The molecule has 4 heterocycles. The molecule has 2 amide bonds. The van der Waals surface area contributed by atoms with Gasteiger partial charge >= 0.3 is 0 Å². The molecular weight excluding hydrogens is 444 g/mol. The first-order valence-electron chi connectivity index (χ1n) is 12.5. The molecule has 9 nitrogen and oxygen atoms in total. The molecule has 0 aliphatic carbocycles. The quantitative estimate of drug-likeness (QED) is 0.519. The van der Waals surface area contributed by atoms with Gasteiger partial charge < -0.3 is 19.9 Å². The van der Waals surface area contributed by atoms with Gasteiger partial charge in [-0.2, -0.15) is 5.10 Å². The number of nitrogens with zero attached hydrogens (tertiary/aromatic N) is 4. The lowest BCUT2D eigenvalue weighted by atomic mass is 10.0. The van der Waals surface area contributed by atoms with Gasteiger partial charge in [-0.05, 0) is 50.2 Å². The Labute approximate surface area is 205 Å². The summed E-state index contributed by atoms with van der Waals surface area (Å²) in [6.45, 7) is 6.92. The van der Waals surface area contributed by atoms with Gasteiger partial charge in [0.15, 0.2) is 5.69 Å². The summed E-state index contributed by atoms with van der Waals surface area (Å²) in [5, 5.41) is 8.81. The summed E-state index contributed by atoms with van der Waals surface area (Å²) in [7, 11) is 1.66. The van der Waals surface area contributed by atoms with Crippen molar-refractivity contribution >= 4 is 22.7 Å². The van der Waals surface area contributed by atoms with Crippen LogP contribution in [0.3, 0.4) is 0 Å². The van der Waals surface area contributed by atoms with Crippen molar-refractivity contribution in [2.24, 2.45) is 0 Å². The van der Waals surface area contributed by atoms with Gasteiger partial charge in [-0.1, -0.05) is 6.92 Å². The highest BCUT2D eigenvalue weighted by Crippen LogP contribution is 2.25. The van der Waals surface area contributed by atoms with E-state index < -0.39 is 0 Å². The minimum absolute atomic E-state index is 0.0284. The van der Waals surface area contributed by atoms with Gasteiger partial charge in [0.2, 0.25) is 0 Å². The molecule has 0 spiro atoms. The molecule has 35 heavy (non-hydrogen) atoms. The van der Waals surface area contributed by atoms with Crippen molar-refractivity contribution in [1.82, 2.24) is 29.9 Å². The number of H-pyrrole nitrogens is 1. The molecular formula is C26H34N6O3. The molecule has 0 saturated carbocycles. The summed E-state index contributed by atoms with van der Waals surface area (Å²) in [4.78, 5) is 34.0. The van der Waals surface area contributed by atoms with Crippen LogP contribution in [0, 0.1) is 0 Å². The number of fused-ring (bicyclic) bond motifs is 2. The van der Waals surface area contributed by atoms with Crippen LogP contribution in [0.5, 0.6) is 0 Å². The zero-order chi connectivity index (χ0) is 24.4. The molecule has 2 aliphatic heterocycles. The molecule has 2 N–H and O–H groups in total. The second kappa shape index (κ2) is 10.2. The van der Waals surface area contributed by atoms with E-state index in [1.807, 2.05) is 40.0 Å². The van der Waals surface area contributed by atoms with Crippen molar-refractivity contribution < 1.29 is 14.3 Å². The molecule has 3 aromatic rings. The number of likely N-dealkylation sites (N-methyl/N-ethyl adjacent to an activating group) is 1. The molecule has 0 radical (unpaired) electrons. The van der Waals surface area contributed by atoms with Crippen LogP contribution in [0.25, 0.3) is 10.9 Å². The van der Waals surface area contributed by atoms with Crippen molar-refractivity contribution in [2.45, 2.75) is 45.3 Å². The minimum atomic E-state index is -0.164. The van der Waals surface area contributed by atoms with Crippen LogP contribution in [0.4, 0.5) is 0 Å². The first-order valence-corrected chi connectivity index (χ1v) is 12.5. The number of amides is 2. The summed E-state index contributed by atoms with van der Waals surface area (Å²) < 4.78 is 7.14. The average Bonchev–Trinajstić information content (AvgIpc) is 3.62. The smallest absolute Gasteiger partial charge is 0.272 e. The molecule has 2 aromatic heterocycles. The molecule has 1 unspecified atom stereocenters. The third kappa shape index (κ3) is 4.70. The Kier molecular flexibility index (Phi) is 6.88. The second-order valence-electron chi connectivity index (χ2n) is 9.38. The van der Waals surface area contributed by atoms with Gasteiger partial charge in [0.25, 0.3) is 11.8 Å². The van der Waals surface area contributed by atoms with Gasteiger partial charge in [-0.25, -0.2) is 0 Å². The lowest BCUT2D eigenvalue weighted by Gasteiger charge is -2.28. The van der Waals surface area contributed by atoms with Gasteiger partial charge in [0.1, 0.15) is 0 Å². The molecule has 1 atom stereocenters. The molecule has 9 heteroatoms. The van der Waals surface area contributed by atoms with Crippen LogP contribution in [0.2, 0.25) is 0 Å². The predicted octanol–water partition coefficient (Wildman–Crippen LogP) is 2.42. The van der Waals surface area contributed by atoms with E-state index in [0.717, 1.165) is 41.7 Å². The van der Waals surface area contributed by atoms with E-state index in [4.69, 9.17) is 4.74 Å². The first kappa shape index (κ1) is 23.6. The van der Waals surface area contributed by atoms with E-state index in [2.05, 4.69) is 27.2 Å². The number of carbonyl (C=O) groups is 2. The molecule has 0 bridgehead atoms. The summed E-state index contributed by atoms with van der Waals surface area (Å²) in [6.07, 6.45) is 4.80. The molecule has 186 valence electrons. The number of aromatic amines is 1. The Bertz CT molecular complexity index is 1220. The van der Waals surface area contributed by atoms with Crippen molar-refractivity contribution in [3.05, 3.63) is 53.0 Å². The fraction of sp³-hybridized carbons (Fsp3) is 0.500. The lowest BCUT2D eigenvalue weighted by Crippen LogP contribution is -2.41. The van der Waals surface area contributed by atoms with E-state index in [-0.39, 0.29) is 11.8 Å². The number of ether oxygens (including phenoxy) is 1. The average molecular weight is 479 g/mol. The van der Waals surface area contributed by atoms with Crippen LogP contribution >= 0.6 is 0 Å². The normalized spacial score (nSPS) is 18.2. The Morgan fingerprint density at radius 1 is 1.26 bits per heavy atom. The van der Waals surface area contributed by atoms with Crippen molar-refractivity contribution in [3.8, 4) is 0 Å². The maximum Gasteiger partial charge on any atom is 0.272 e. The molecule has 1 aromatic carbocycles. The summed E-state index contributed by atoms with van der Waals surface area (Å²) in [6, 6.07) is 8.04. The van der Waals surface area contributed by atoms with Crippen molar-refractivity contribution in [2.75, 3.05) is 39.9 Å². The Morgan fingerprint density at radius 3 is 2.97 bits per heavy atom. The summed E-state index contributed by atoms with van der Waals surface area (Å²) in [5.41, 5.74) is 3.95. The highest BCUT2D eigenvalue weighted by Gasteiger charge is 2.31. The molecule has 1 saturated heterocycles. The fourth-order valence-electron chi connectivity index (χ4n) is 5.42. The van der Waals surface area contributed by atoms with E-state index in [9.17, 15) is 9.59 Å². The van der Waals surface area contributed by atoms with Gasteiger partial charge in [-0.3, -0.25) is 19.2 Å². The number of carbonyl (C=O) groups excluding carboxylic acids is 2. The van der Waals surface area contributed by atoms with E-state index in [1.54, 1.807) is 7.11 Å². The topological polar surface area (TPSA) is 95.5 Å². The second-order valence-corrected chi connectivity index (χ2v) is 9.38. The number of nitrogens with one attached hydrogen (secondary N) is 2. The van der Waals surface area contributed by atoms with Gasteiger partial charge in [0.05, 0.1) is 19.7 Å². The number of likely N-dealkylation sites (tertiary alicyclic amines) is 1. The fourth-order valence-corrected chi connectivity index (χ4v) is 5.42. The number of hydrogen-bond donors (Lipinski definition) is 2. The zero-order valence-electron chi connectivity index (χ0n) is 20.5. The van der Waals surface area contributed by atoms with Crippen LogP contribution in [0.15, 0.2) is 30.5 Å². The maximum atomic E-state index is 13.4. The Balaban J connectivity index is 1.36. The molecule has 1 fully saturated rings. The van der Waals surface area contributed by atoms with E-state index in [0.29, 0.717) is 56.5 Å². The highest BCUT2D eigenvalue weighted by molar-refractivity contribution is 5.99. The SMILES string of the molecule is CCN1CCCC1CNC(=O)c1nn(CCOC)c2c1CN(C(=O)c1ccc3[nH]ccc3c1)CC2. The van der Waals surface area contributed by atoms with Gasteiger partial charge in [-0.15, -0.1) is 0 Å². The van der Waals surface area contributed by atoms with E-state index in [1.165, 1.54) is 6.42 Å².